The predicted octanol–water partition coefficient (Wildman–Crippen LogP) is 1.86. The maximum Gasteiger partial charge on any atom is 0.130 e. The molecule has 68 valence electrons. The van der Waals surface area contributed by atoms with Gasteiger partial charge >= 0.3 is 0 Å². The van der Waals surface area contributed by atoms with Crippen molar-refractivity contribution in [1.82, 2.24) is 4.98 Å². The molecule has 0 aliphatic carbocycles. The lowest BCUT2D eigenvalue weighted by atomic mass is 10.1. The first-order chi connectivity index (χ1) is 5.97. The van der Waals surface area contributed by atoms with Gasteiger partial charge in [0.2, 0.25) is 0 Å². The molecule has 0 saturated carbocycles. The van der Waals surface area contributed by atoms with E-state index in [1.165, 1.54) is 0 Å². The molecule has 0 aliphatic heterocycles. The highest BCUT2D eigenvalue weighted by atomic mass is 35.5. The van der Waals surface area contributed by atoms with E-state index in [2.05, 4.69) is 16.8 Å². The predicted molar refractivity (Wildman–Crippen MR) is 52.4 cm³/mol. The van der Waals surface area contributed by atoms with Crippen molar-refractivity contribution in [3.63, 3.8) is 0 Å². The van der Waals surface area contributed by atoms with E-state index in [9.17, 15) is 5.11 Å². The molecule has 0 unspecified atom stereocenters. The molecule has 1 rings (SSSR count). The quantitative estimate of drug-likeness (QED) is 0.507. The maximum atomic E-state index is 9.31. The van der Waals surface area contributed by atoms with E-state index in [0.717, 1.165) is 0 Å². The zero-order valence-electron chi connectivity index (χ0n) is 7.50. The lowest BCUT2D eigenvalue weighted by molar-refractivity contribution is 0.143. The van der Waals surface area contributed by atoms with E-state index in [4.69, 9.17) is 11.6 Å². The molecule has 0 aromatic carbocycles. The Bertz CT molecular complexity index is 357. The fourth-order valence-electron chi connectivity index (χ4n) is 0.695. The summed E-state index contributed by atoms with van der Waals surface area (Å²) in [5, 5.41) is 9.72. The second-order valence-electron chi connectivity index (χ2n) is 3.15. The molecular weight excluding hydrogens is 186 g/mol. The van der Waals surface area contributed by atoms with Gasteiger partial charge in [0.05, 0.1) is 0 Å². The number of nitrogens with zero attached hydrogens (tertiary/aromatic N) is 1. The minimum absolute atomic E-state index is 0.405. The van der Waals surface area contributed by atoms with Gasteiger partial charge in [-0.25, -0.2) is 4.98 Å². The van der Waals surface area contributed by atoms with Crippen LogP contribution in [0.3, 0.4) is 0 Å². The maximum absolute atomic E-state index is 9.31. The molecule has 0 bridgehead atoms. The summed E-state index contributed by atoms with van der Waals surface area (Å²) >= 11 is 5.65. The molecule has 0 fully saturated rings. The number of aromatic nitrogens is 1. The summed E-state index contributed by atoms with van der Waals surface area (Å²) in [7, 11) is 0. The Hall–Kier alpha value is -1.04. The zero-order chi connectivity index (χ0) is 9.90. The smallest absolute Gasteiger partial charge is 0.130 e. The number of aliphatic hydroxyl groups is 1. The Kier molecular flexibility index (Phi) is 2.92. The summed E-state index contributed by atoms with van der Waals surface area (Å²) < 4.78 is 0. The highest BCUT2D eigenvalue weighted by Gasteiger charge is 2.05. The number of hydrogen-bond acceptors (Lipinski definition) is 2. The molecule has 2 nitrogen and oxygen atoms in total. The molecule has 0 aliphatic rings. The van der Waals surface area contributed by atoms with Crippen LogP contribution in [0.4, 0.5) is 0 Å². The van der Waals surface area contributed by atoms with E-state index in [0.29, 0.717) is 10.8 Å². The van der Waals surface area contributed by atoms with Crippen LogP contribution in [-0.2, 0) is 0 Å². The second kappa shape index (κ2) is 3.78. The first-order valence-corrected chi connectivity index (χ1v) is 4.23. The molecule has 13 heavy (non-hydrogen) atoms. The van der Waals surface area contributed by atoms with Crippen molar-refractivity contribution >= 4 is 11.6 Å². The van der Waals surface area contributed by atoms with E-state index >= 15 is 0 Å². The molecule has 1 aromatic rings. The highest BCUT2D eigenvalue weighted by molar-refractivity contribution is 6.29. The summed E-state index contributed by atoms with van der Waals surface area (Å²) in [6.45, 7) is 3.23. The number of rotatable bonds is 0. The molecule has 1 N–H and O–H groups in total. The Morgan fingerprint density at radius 2 is 2.15 bits per heavy atom. The van der Waals surface area contributed by atoms with Gasteiger partial charge in [0, 0.05) is 0 Å². The Balaban J connectivity index is 2.90. The zero-order valence-corrected chi connectivity index (χ0v) is 8.26. The fourth-order valence-corrected chi connectivity index (χ4v) is 0.859. The molecule has 0 radical (unpaired) electrons. The third-order valence-corrected chi connectivity index (χ3v) is 1.42. The van der Waals surface area contributed by atoms with Crippen LogP contribution in [0.1, 0.15) is 19.5 Å². The van der Waals surface area contributed by atoms with Crippen LogP contribution in [-0.4, -0.2) is 15.7 Å². The van der Waals surface area contributed by atoms with Gasteiger partial charge in [-0.15, -0.1) is 0 Å². The highest BCUT2D eigenvalue weighted by Crippen LogP contribution is 2.04. The van der Waals surface area contributed by atoms with Crippen LogP contribution in [0, 0.1) is 11.8 Å². The monoisotopic (exact) mass is 195 g/mol. The molecule has 0 amide bonds. The van der Waals surface area contributed by atoms with Crippen LogP contribution in [0.2, 0.25) is 5.15 Å². The van der Waals surface area contributed by atoms with Gasteiger partial charge in [-0.3, -0.25) is 0 Å². The summed E-state index contributed by atoms with van der Waals surface area (Å²) in [6, 6.07) is 5.19. The van der Waals surface area contributed by atoms with Gasteiger partial charge in [0.1, 0.15) is 16.4 Å². The van der Waals surface area contributed by atoms with Crippen LogP contribution in [0.15, 0.2) is 18.2 Å². The third kappa shape index (κ3) is 3.93. The van der Waals surface area contributed by atoms with Crippen molar-refractivity contribution < 1.29 is 5.11 Å². The standard InChI is InChI=1S/C10H10ClNO/c1-10(2,13)7-6-8-4-3-5-9(11)12-8/h3-5,13H,1-2H3. The Morgan fingerprint density at radius 3 is 2.69 bits per heavy atom. The molecular formula is C10H10ClNO. The largest absolute Gasteiger partial charge is 0.378 e. The van der Waals surface area contributed by atoms with Gasteiger partial charge in [-0.05, 0) is 31.9 Å². The van der Waals surface area contributed by atoms with Crippen molar-refractivity contribution in [2.75, 3.05) is 0 Å². The van der Waals surface area contributed by atoms with Gasteiger partial charge < -0.3 is 5.11 Å². The summed E-state index contributed by atoms with van der Waals surface area (Å²) in [5.74, 6) is 5.38. The number of pyridine rings is 1. The third-order valence-electron chi connectivity index (χ3n) is 1.21. The molecule has 0 spiro atoms. The SMILES string of the molecule is CC(C)(O)C#Cc1cccc(Cl)n1. The minimum atomic E-state index is -0.996. The van der Waals surface area contributed by atoms with Gasteiger partial charge in [-0.2, -0.15) is 0 Å². The average Bonchev–Trinajstić information content (AvgIpc) is 2.00. The van der Waals surface area contributed by atoms with Gasteiger partial charge in [-0.1, -0.05) is 23.6 Å². The second-order valence-corrected chi connectivity index (χ2v) is 3.54. The summed E-state index contributed by atoms with van der Waals surface area (Å²) in [5.41, 5.74) is -0.432. The first kappa shape index (κ1) is 10.0. The molecule has 0 atom stereocenters. The molecule has 1 aromatic heterocycles. The lowest BCUT2D eigenvalue weighted by Gasteiger charge is -2.05. The van der Waals surface area contributed by atoms with E-state index < -0.39 is 5.60 Å². The Labute approximate surface area is 82.6 Å². The van der Waals surface area contributed by atoms with Crippen molar-refractivity contribution in [1.29, 1.82) is 0 Å². The van der Waals surface area contributed by atoms with Crippen molar-refractivity contribution in [3.05, 3.63) is 29.0 Å². The van der Waals surface area contributed by atoms with E-state index in [1.807, 2.05) is 0 Å². The molecule has 0 saturated heterocycles. The lowest BCUT2D eigenvalue weighted by Crippen LogP contribution is -2.14. The van der Waals surface area contributed by atoms with Gasteiger partial charge in [0.25, 0.3) is 0 Å². The average molecular weight is 196 g/mol. The van der Waals surface area contributed by atoms with Crippen molar-refractivity contribution in [3.8, 4) is 11.8 Å². The summed E-state index contributed by atoms with van der Waals surface area (Å²) in [6.07, 6.45) is 0. The summed E-state index contributed by atoms with van der Waals surface area (Å²) in [4.78, 5) is 3.96. The van der Waals surface area contributed by atoms with E-state index in [-0.39, 0.29) is 0 Å². The van der Waals surface area contributed by atoms with Gasteiger partial charge in [0.15, 0.2) is 0 Å². The first-order valence-electron chi connectivity index (χ1n) is 3.85. The molecule has 3 heteroatoms. The van der Waals surface area contributed by atoms with Crippen molar-refractivity contribution in [2.24, 2.45) is 0 Å². The van der Waals surface area contributed by atoms with Crippen molar-refractivity contribution in [2.45, 2.75) is 19.4 Å². The normalized spacial score (nSPS) is 10.5. The fraction of sp³-hybridized carbons (Fsp3) is 0.300. The Morgan fingerprint density at radius 1 is 1.46 bits per heavy atom. The van der Waals surface area contributed by atoms with E-state index in [1.54, 1.807) is 32.0 Å². The van der Waals surface area contributed by atoms with Crippen LogP contribution >= 0.6 is 11.6 Å². The topological polar surface area (TPSA) is 33.1 Å². The number of halogens is 1. The van der Waals surface area contributed by atoms with Crippen LogP contribution in [0.25, 0.3) is 0 Å². The molecule has 1 heterocycles. The van der Waals surface area contributed by atoms with Crippen LogP contribution < -0.4 is 0 Å². The number of hydrogen-bond donors (Lipinski definition) is 1. The van der Waals surface area contributed by atoms with Crippen LogP contribution in [0.5, 0.6) is 0 Å². The minimum Gasteiger partial charge on any atom is -0.378 e.